The van der Waals surface area contributed by atoms with Crippen molar-refractivity contribution in [1.29, 1.82) is 0 Å². The van der Waals surface area contributed by atoms with Gasteiger partial charge in [-0.1, -0.05) is 25.0 Å². The Hall–Kier alpha value is -2.92. The fourth-order valence-corrected chi connectivity index (χ4v) is 4.47. The minimum atomic E-state index is -0.372. The van der Waals surface area contributed by atoms with Crippen LogP contribution < -0.4 is 5.63 Å². The van der Waals surface area contributed by atoms with Gasteiger partial charge in [0, 0.05) is 35.1 Å². The molecule has 1 aliphatic heterocycles. The van der Waals surface area contributed by atoms with Gasteiger partial charge in [-0.2, -0.15) is 0 Å². The van der Waals surface area contributed by atoms with Crippen molar-refractivity contribution in [1.82, 2.24) is 9.88 Å². The second-order valence-corrected chi connectivity index (χ2v) is 8.39. The first-order valence-electron chi connectivity index (χ1n) is 10.7. The predicted octanol–water partition coefficient (Wildman–Crippen LogP) is 5.59. The zero-order valence-electron chi connectivity index (χ0n) is 17.5. The van der Waals surface area contributed by atoms with E-state index in [-0.39, 0.29) is 5.63 Å². The quantitative estimate of drug-likeness (QED) is 0.418. The molecular formula is C25H26N2O3. The van der Waals surface area contributed by atoms with Crippen molar-refractivity contribution >= 4 is 21.9 Å². The molecule has 0 unspecified atom stereocenters. The Morgan fingerprint density at radius 1 is 0.967 bits per heavy atom. The topological polar surface area (TPSA) is 59.5 Å². The summed E-state index contributed by atoms with van der Waals surface area (Å²) < 4.78 is 11.7. The van der Waals surface area contributed by atoms with Crippen LogP contribution in [0.1, 0.15) is 42.5 Å². The highest BCUT2D eigenvalue weighted by atomic mass is 16.4. The summed E-state index contributed by atoms with van der Waals surface area (Å²) in [6, 6.07) is 9.48. The van der Waals surface area contributed by atoms with Crippen molar-refractivity contribution < 1.29 is 8.83 Å². The van der Waals surface area contributed by atoms with Crippen LogP contribution in [-0.2, 0) is 6.54 Å². The maximum absolute atomic E-state index is 12.2. The third kappa shape index (κ3) is 3.54. The number of hydrogen-bond donors (Lipinski definition) is 0. The van der Waals surface area contributed by atoms with E-state index in [1.165, 1.54) is 37.3 Å². The molecule has 0 radical (unpaired) electrons. The molecule has 154 valence electrons. The Balaban J connectivity index is 1.63. The number of rotatable bonds is 3. The molecule has 0 N–H and O–H groups in total. The average molecular weight is 402 g/mol. The lowest BCUT2D eigenvalue weighted by Gasteiger charge is -2.20. The highest BCUT2D eigenvalue weighted by Gasteiger charge is 2.18. The van der Waals surface area contributed by atoms with E-state index in [4.69, 9.17) is 8.83 Å². The van der Waals surface area contributed by atoms with Crippen LogP contribution in [0.4, 0.5) is 0 Å². The Morgan fingerprint density at radius 2 is 1.77 bits per heavy atom. The van der Waals surface area contributed by atoms with Crippen LogP contribution in [0.3, 0.4) is 0 Å². The van der Waals surface area contributed by atoms with Gasteiger partial charge in [-0.15, -0.1) is 0 Å². The summed E-state index contributed by atoms with van der Waals surface area (Å²) >= 11 is 0. The number of aromatic nitrogens is 1. The average Bonchev–Trinajstić information content (AvgIpc) is 3.02. The summed E-state index contributed by atoms with van der Waals surface area (Å²) in [4.78, 5) is 19.3. The van der Waals surface area contributed by atoms with Crippen LogP contribution in [0.15, 0.2) is 50.2 Å². The number of furan rings is 1. The van der Waals surface area contributed by atoms with Crippen molar-refractivity contribution in [2.24, 2.45) is 0 Å². The van der Waals surface area contributed by atoms with Crippen LogP contribution in [-0.4, -0.2) is 23.0 Å². The largest absolute Gasteiger partial charge is 0.454 e. The number of pyridine rings is 1. The van der Waals surface area contributed by atoms with Crippen LogP contribution in [0.2, 0.25) is 0 Å². The normalized spacial score (nSPS) is 15.7. The zero-order valence-corrected chi connectivity index (χ0v) is 17.5. The molecular weight excluding hydrogens is 376 g/mol. The minimum Gasteiger partial charge on any atom is -0.454 e. The Kier molecular flexibility index (Phi) is 4.91. The molecule has 4 heterocycles. The summed E-state index contributed by atoms with van der Waals surface area (Å²) in [7, 11) is 0. The van der Waals surface area contributed by atoms with Gasteiger partial charge < -0.3 is 8.83 Å². The molecule has 0 amide bonds. The molecule has 1 aliphatic rings. The SMILES string of the molecule is Cc1ccc2c(-c3cc4c(CN5CCCCCC5)cnc(C)c4o3)cc(=O)oc2c1. The first-order chi connectivity index (χ1) is 14.6. The third-order valence-electron chi connectivity index (χ3n) is 6.08. The van der Waals surface area contributed by atoms with Gasteiger partial charge in [0.2, 0.25) is 0 Å². The molecule has 0 aliphatic carbocycles. The number of benzene rings is 1. The van der Waals surface area contributed by atoms with Gasteiger partial charge in [-0.3, -0.25) is 9.88 Å². The Labute approximate surface area is 175 Å². The maximum atomic E-state index is 12.2. The van der Waals surface area contributed by atoms with Gasteiger partial charge in [-0.05, 0) is 63.0 Å². The standard InChI is InChI=1S/C25H26N2O3/c1-16-7-8-19-21(13-24(28)29-22(19)11-16)23-12-20-18(14-26-17(2)25(20)30-23)15-27-9-5-3-4-6-10-27/h7-8,11-14H,3-6,9-10,15H2,1-2H3. The molecule has 5 rings (SSSR count). The first-order valence-corrected chi connectivity index (χ1v) is 10.7. The van der Waals surface area contributed by atoms with Crippen LogP contribution in [0.5, 0.6) is 0 Å². The number of fused-ring (bicyclic) bond motifs is 2. The van der Waals surface area contributed by atoms with E-state index in [0.29, 0.717) is 11.3 Å². The molecule has 1 fully saturated rings. The zero-order chi connectivity index (χ0) is 20.7. The highest BCUT2D eigenvalue weighted by molar-refractivity contribution is 5.95. The number of aryl methyl sites for hydroxylation is 2. The summed E-state index contributed by atoms with van der Waals surface area (Å²) in [5, 5.41) is 1.95. The highest BCUT2D eigenvalue weighted by Crippen LogP contribution is 2.35. The summed E-state index contributed by atoms with van der Waals surface area (Å²) in [5.74, 6) is 0.681. The van der Waals surface area contributed by atoms with E-state index in [1.807, 2.05) is 38.2 Å². The van der Waals surface area contributed by atoms with E-state index in [9.17, 15) is 4.79 Å². The van der Waals surface area contributed by atoms with E-state index in [0.717, 1.165) is 52.8 Å². The molecule has 5 heteroatoms. The second-order valence-electron chi connectivity index (χ2n) is 8.39. The fraction of sp³-hybridized carbons (Fsp3) is 0.360. The molecule has 1 saturated heterocycles. The molecule has 0 spiro atoms. The van der Waals surface area contributed by atoms with Crippen molar-refractivity contribution in [2.45, 2.75) is 46.1 Å². The maximum Gasteiger partial charge on any atom is 0.336 e. The van der Waals surface area contributed by atoms with Crippen LogP contribution in [0, 0.1) is 13.8 Å². The third-order valence-corrected chi connectivity index (χ3v) is 6.08. The molecule has 0 bridgehead atoms. The van der Waals surface area contributed by atoms with Crippen molar-refractivity contribution in [3.63, 3.8) is 0 Å². The van der Waals surface area contributed by atoms with E-state index in [1.54, 1.807) is 0 Å². The molecule has 4 aromatic rings. The van der Waals surface area contributed by atoms with Crippen molar-refractivity contribution in [3.05, 3.63) is 63.8 Å². The number of likely N-dealkylation sites (tertiary alicyclic amines) is 1. The van der Waals surface area contributed by atoms with Gasteiger partial charge in [0.05, 0.1) is 5.69 Å². The smallest absolute Gasteiger partial charge is 0.336 e. The minimum absolute atomic E-state index is 0.372. The predicted molar refractivity (Wildman–Crippen MR) is 119 cm³/mol. The van der Waals surface area contributed by atoms with Crippen LogP contribution >= 0.6 is 0 Å². The lowest BCUT2D eigenvalue weighted by molar-refractivity contribution is 0.277. The molecule has 0 atom stereocenters. The lowest BCUT2D eigenvalue weighted by atomic mass is 10.1. The van der Waals surface area contributed by atoms with Gasteiger partial charge in [0.15, 0.2) is 5.58 Å². The van der Waals surface area contributed by atoms with E-state index >= 15 is 0 Å². The van der Waals surface area contributed by atoms with Gasteiger partial charge in [0.25, 0.3) is 0 Å². The molecule has 0 saturated carbocycles. The summed E-state index contributed by atoms with van der Waals surface area (Å²) in [6.07, 6.45) is 7.12. The number of nitrogens with zero attached hydrogens (tertiary/aromatic N) is 2. The molecule has 3 aromatic heterocycles. The summed E-state index contributed by atoms with van der Waals surface area (Å²) in [6.45, 7) is 7.08. The summed E-state index contributed by atoms with van der Waals surface area (Å²) in [5.41, 5.74) is 4.85. The first kappa shape index (κ1) is 19.1. The molecule has 1 aromatic carbocycles. The van der Waals surface area contributed by atoms with Gasteiger partial charge in [-0.25, -0.2) is 4.79 Å². The van der Waals surface area contributed by atoms with Gasteiger partial charge in [0.1, 0.15) is 11.3 Å². The fourth-order valence-electron chi connectivity index (χ4n) is 4.47. The Morgan fingerprint density at radius 3 is 2.57 bits per heavy atom. The molecule has 30 heavy (non-hydrogen) atoms. The van der Waals surface area contributed by atoms with E-state index < -0.39 is 0 Å². The Bertz CT molecular complexity index is 1280. The van der Waals surface area contributed by atoms with Gasteiger partial charge >= 0.3 is 5.63 Å². The van der Waals surface area contributed by atoms with E-state index in [2.05, 4.69) is 16.0 Å². The lowest BCUT2D eigenvalue weighted by Crippen LogP contribution is -2.24. The second kappa shape index (κ2) is 7.73. The number of hydrogen-bond acceptors (Lipinski definition) is 5. The van der Waals surface area contributed by atoms with Crippen molar-refractivity contribution in [3.8, 4) is 11.3 Å². The monoisotopic (exact) mass is 402 g/mol. The molecule has 5 nitrogen and oxygen atoms in total. The van der Waals surface area contributed by atoms with Crippen molar-refractivity contribution in [2.75, 3.05) is 13.1 Å². The van der Waals surface area contributed by atoms with Crippen LogP contribution in [0.25, 0.3) is 33.3 Å².